The summed E-state index contributed by atoms with van der Waals surface area (Å²) in [6.07, 6.45) is 0.871. The summed E-state index contributed by atoms with van der Waals surface area (Å²) in [6.45, 7) is 2.02. The van der Waals surface area contributed by atoms with Gasteiger partial charge in [-0.2, -0.15) is 0 Å². The second-order valence-electron chi connectivity index (χ2n) is 4.49. The number of hydrogen-bond acceptors (Lipinski definition) is 2. The van der Waals surface area contributed by atoms with Crippen molar-refractivity contribution in [2.75, 3.05) is 0 Å². The molecule has 0 bridgehead atoms. The highest BCUT2D eigenvalue weighted by Gasteiger charge is 2.08. The molecule has 1 nitrogen and oxygen atoms in total. The van der Waals surface area contributed by atoms with Gasteiger partial charge in [0, 0.05) is 25.3 Å². The maximum Gasteiger partial charge on any atom is 0.0417 e. The Morgan fingerprint density at radius 3 is 2.74 bits per heavy atom. The fraction of sp³-hybridized carbons (Fsp3) is 0.200. The van der Waals surface area contributed by atoms with Gasteiger partial charge in [0.25, 0.3) is 0 Å². The van der Waals surface area contributed by atoms with Crippen molar-refractivity contribution in [2.45, 2.75) is 29.2 Å². The standard InChI is InChI=1S/C15H15BrClNS/c1-10(18)7-11-5-6-12(16)8-15(11)19-14-4-2-3-13(17)9-14/h2-6,8-10H,7,18H2,1H3. The monoisotopic (exact) mass is 355 g/mol. The lowest BCUT2D eigenvalue weighted by Gasteiger charge is -2.12. The number of rotatable bonds is 4. The molecule has 0 saturated carbocycles. The van der Waals surface area contributed by atoms with E-state index in [2.05, 4.69) is 40.2 Å². The molecular weight excluding hydrogens is 342 g/mol. The molecule has 0 aliphatic heterocycles. The molecule has 0 aromatic heterocycles. The molecule has 0 radical (unpaired) electrons. The number of hydrogen-bond donors (Lipinski definition) is 1. The van der Waals surface area contributed by atoms with Crippen molar-refractivity contribution in [1.82, 2.24) is 0 Å². The molecule has 0 aliphatic carbocycles. The minimum atomic E-state index is 0.153. The van der Waals surface area contributed by atoms with Crippen LogP contribution < -0.4 is 5.73 Å². The SMILES string of the molecule is CC(N)Cc1ccc(Br)cc1Sc1cccc(Cl)c1. The highest BCUT2D eigenvalue weighted by atomic mass is 79.9. The summed E-state index contributed by atoms with van der Waals surface area (Å²) >= 11 is 11.3. The zero-order valence-corrected chi connectivity index (χ0v) is 13.7. The lowest BCUT2D eigenvalue weighted by molar-refractivity contribution is 0.729. The Hall–Kier alpha value is -0.480. The minimum absolute atomic E-state index is 0.153. The maximum atomic E-state index is 6.02. The first-order valence-electron chi connectivity index (χ1n) is 6.02. The van der Waals surface area contributed by atoms with Gasteiger partial charge in [0.2, 0.25) is 0 Å². The van der Waals surface area contributed by atoms with E-state index in [1.54, 1.807) is 11.8 Å². The summed E-state index contributed by atoms with van der Waals surface area (Å²) in [5.74, 6) is 0. The summed E-state index contributed by atoms with van der Waals surface area (Å²) < 4.78 is 1.07. The van der Waals surface area contributed by atoms with Gasteiger partial charge in [0.05, 0.1) is 0 Å². The van der Waals surface area contributed by atoms with Gasteiger partial charge in [-0.1, -0.05) is 51.4 Å². The molecule has 19 heavy (non-hydrogen) atoms. The lowest BCUT2D eigenvalue weighted by atomic mass is 10.1. The van der Waals surface area contributed by atoms with E-state index in [0.29, 0.717) is 0 Å². The Kier molecular flexibility index (Phi) is 5.34. The summed E-state index contributed by atoms with van der Waals surface area (Å²) in [7, 11) is 0. The topological polar surface area (TPSA) is 26.0 Å². The number of benzene rings is 2. The van der Waals surface area contributed by atoms with Gasteiger partial charge in [-0.25, -0.2) is 0 Å². The van der Waals surface area contributed by atoms with Crippen molar-refractivity contribution in [2.24, 2.45) is 5.73 Å². The van der Waals surface area contributed by atoms with Gasteiger partial charge in [-0.3, -0.25) is 0 Å². The third-order valence-corrected chi connectivity index (χ3v) is 4.41. The van der Waals surface area contributed by atoms with Gasteiger partial charge in [-0.05, 0) is 49.2 Å². The van der Waals surface area contributed by atoms with Crippen LogP contribution in [0.1, 0.15) is 12.5 Å². The molecule has 0 spiro atoms. The molecule has 0 fully saturated rings. The quantitative estimate of drug-likeness (QED) is 0.820. The summed E-state index contributed by atoms with van der Waals surface area (Å²) in [5.41, 5.74) is 7.17. The van der Waals surface area contributed by atoms with Gasteiger partial charge < -0.3 is 5.73 Å². The van der Waals surface area contributed by atoms with Crippen LogP contribution >= 0.6 is 39.3 Å². The molecule has 0 heterocycles. The summed E-state index contributed by atoms with van der Waals surface area (Å²) in [4.78, 5) is 2.35. The molecule has 1 unspecified atom stereocenters. The van der Waals surface area contributed by atoms with Crippen LogP contribution in [0.5, 0.6) is 0 Å². The zero-order chi connectivity index (χ0) is 13.8. The predicted molar refractivity (Wildman–Crippen MR) is 87.1 cm³/mol. The van der Waals surface area contributed by atoms with Gasteiger partial charge in [-0.15, -0.1) is 0 Å². The molecule has 1 atom stereocenters. The van der Waals surface area contributed by atoms with Crippen molar-refractivity contribution in [1.29, 1.82) is 0 Å². The van der Waals surface area contributed by atoms with Crippen LogP contribution in [-0.4, -0.2) is 6.04 Å². The van der Waals surface area contributed by atoms with E-state index < -0.39 is 0 Å². The van der Waals surface area contributed by atoms with Crippen LogP contribution in [0, 0.1) is 0 Å². The minimum Gasteiger partial charge on any atom is -0.328 e. The zero-order valence-electron chi connectivity index (χ0n) is 10.6. The third-order valence-electron chi connectivity index (χ3n) is 2.59. The second kappa shape index (κ2) is 6.80. The van der Waals surface area contributed by atoms with Crippen LogP contribution in [0.2, 0.25) is 5.02 Å². The first kappa shape index (κ1) is 14.9. The fourth-order valence-electron chi connectivity index (χ4n) is 1.80. The average molecular weight is 357 g/mol. The molecule has 2 aromatic rings. The molecule has 2 N–H and O–H groups in total. The molecule has 100 valence electrons. The van der Waals surface area contributed by atoms with E-state index in [1.165, 1.54) is 10.5 Å². The Morgan fingerprint density at radius 1 is 1.26 bits per heavy atom. The first-order chi connectivity index (χ1) is 9.04. The van der Waals surface area contributed by atoms with E-state index in [0.717, 1.165) is 20.8 Å². The van der Waals surface area contributed by atoms with Crippen molar-refractivity contribution < 1.29 is 0 Å². The highest BCUT2D eigenvalue weighted by molar-refractivity contribution is 9.10. The van der Waals surface area contributed by atoms with Crippen LogP contribution in [0.25, 0.3) is 0 Å². The number of nitrogens with two attached hydrogens (primary N) is 1. The Morgan fingerprint density at radius 2 is 2.05 bits per heavy atom. The third kappa shape index (κ3) is 4.53. The predicted octanol–water partition coefficient (Wildman–Crippen LogP) is 5.14. The Balaban J connectivity index is 2.30. The van der Waals surface area contributed by atoms with Crippen molar-refractivity contribution in [3.05, 3.63) is 57.5 Å². The van der Waals surface area contributed by atoms with Crippen molar-refractivity contribution >= 4 is 39.3 Å². The molecule has 2 aromatic carbocycles. The molecule has 2 rings (SSSR count). The summed E-state index contributed by atoms with van der Waals surface area (Å²) in [5, 5.41) is 0.758. The van der Waals surface area contributed by atoms with Crippen molar-refractivity contribution in [3.8, 4) is 0 Å². The highest BCUT2D eigenvalue weighted by Crippen LogP contribution is 2.34. The van der Waals surface area contributed by atoms with E-state index in [4.69, 9.17) is 17.3 Å². The van der Waals surface area contributed by atoms with Gasteiger partial charge in [0.1, 0.15) is 0 Å². The Bertz CT molecular complexity index is 572. The van der Waals surface area contributed by atoms with Crippen molar-refractivity contribution in [3.63, 3.8) is 0 Å². The summed E-state index contributed by atoms with van der Waals surface area (Å²) in [6, 6.07) is 14.3. The molecule has 4 heteroatoms. The Labute approximate surface area is 131 Å². The van der Waals surface area contributed by atoms with E-state index in [-0.39, 0.29) is 6.04 Å². The normalized spacial score (nSPS) is 12.4. The van der Waals surface area contributed by atoms with Crippen LogP contribution in [0.15, 0.2) is 56.7 Å². The van der Waals surface area contributed by atoms with Gasteiger partial charge >= 0.3 is 0 Å². The second-order valence-corrected chi connectivity index (χ2v) is 6.96. The molecule has 0 amide bonds. The van der Waals surface area contributed by atoms with Crippen LogP contribution in [0.4, 0.5) is 0 Å². The van der Waals surface area contributed by atoms with Gasteiger partial charge in [0.15, 0.2) is 0 Å². The van der Waals surface area contributed by atoms with Crippen LogP contribution in [-0.2, 0) is 6.42 Å². The molecule has 0 saturated heterocycles. The lowest BCUT2D eigenvalue weighted by Crippen LogP contribution is -2.18. The fourth-order valence-corrected chi connectivity index (χ4v) is 3.62. The van der Waals surface area contributed by atoms with E-state index in [1.807, 2.05) is 25.1 Å². The maximum absolute atomic E-state index is 6.02. The average Bonchev–Trinajstić information content (AvgIpc) is 2.32. The molecule has 0 aliphatic rings. The number of halogens is 2. The smallest absolute Gasteiger partial charge is 0.0417 e. The van der Waals surface area contributed by atoms with E-state index >= 15 is 0 Å². The largest absolute Gasteiger partial charge is 0.328 e. The van der Waals surface area contributed by atoms with Crippen LogP contribution in [0.3, 0.4) is 0 Å². The van der Waals surface area contributed by atoms with E-state index in [9.17, 15) is 0 Å². The first-order valence-corrected chi connectivity index (χ1v) is 8.01. The molecular formula is C15H15BrClNS.